The van der Waals surface area contributed by atoms with Crippen LogP contribution in [0.25, 0.3) is 0 Å². The normalized spacial score (nSPS) is 12.1. The maximum Gasteiger partial charge on any atom is 0.277 e. The van der Waals surface area contributed by atoms with Gasteiger partial charge in [-0.05, 0) is 48.6 Å². The van der Waals surface area contributed by atoms with E-state index in [1.165, 1.54) is 11.8 Å². The molecule has 1 atom stereocenters. The molecule has 1 unspecified atom stereocenters. The smallest absolute Gasteiger partial charge is 0.277 e. The van der Waals surface area contributed by atoms with E-state index in [2.05, 4.69) is 24.4 Å². The highest BCUT2D eigenvalue weighted by molar-refractivity contribution is 5.85. The van der Waals surface area contributed by atoms with E-state index >= 15 is 0 Å². The van der Waals surface area contributed by atoms with Gasteiger partial charge in [0, 0.05) is 5.56 Å². The molecule has 5 heteroatoms. The fraction of sp³-hybridized carbons (Fsp3) is 0.300. The SMILES string of the molecule is CCC(C)c1ccc(OCC(=O)N/N=C/c2cccc(C)c2O)cc1. The first-order valence-corrected chi connectivity index (χ1v) is 8.34. The van der Waals surface area contributed by atoms with Crippen LogP contribution in [0.4, 0.5) is 0 Å². The van der Waals surface area contributed by atoms with Crippen LogP contribution < -0.4 is 10.2 Å². The van der Waals surface area contributed by atoms with Crippen molar-refractivity contribution in [2.75, 3.05) is 6.61 Å². The van der Waals surface area contributed by atoms with Gasteiger partial charge < -0.3 is 9.84 Å². The number of carbonyl (C=O) groups excluding carboxylic acids is 1. The third kappa shape index (κ3) is 5.35. The van der Waals surface area contributed by atoms with Gasteiger partial charge >= 0.3 is 0 Å². The Balaban J connectivity index is 1.82. The number of ether oxygens (including phenoxy) is 1. The molecule has 0 aliphatic rings. The van der Waals surface area contributed by atoms with Crippen molar-refractivity contribution < 1.29 is 14.6 Å². The molecular formula is C20H24N2O3. The summed E-state index contributed by atoms with van der Waals surface area (Å²) in [6, 6.07) is 13.1. The van der Waals surface area contributed by atoms with Gasteiger partial charge in [-0.25, -0.2) is 5.43 Å². The number of rotatable bonds is 7. The van der Waals surface area contributed by atoms with Gasteiger partial charge in [0.1, 0.15) is 11.5 Å². The van der Waals surface area contributed by atoms with E-state index in [4.69, 9.17) is 4.74 Å². The topological polar surface area (TPSA) is 70.9 Å². The average molecular weight is 340 g/mol. The fourth-order valence-electron chi connectivity index (χ4n) is 2.27. The molecule has 2 aromatic carbocycles. The molecule has 0 aromatic heterocycles. The molecule has 0 heterocycles. The van der Waals surface area contributed by atoms with Crippen LogP contribution in [-0.4, -0.2) is 23.8 Å². The van der Waals surface area contributed by atoms with Crippen LogP contribution in [0.15, 0.2) is 47.6 Å². The van der Waals surface area contributed by atoms with Crippen molar-refractivity contribution in [2.24, 2.45) is 5.10 Å². The Morgan fingerprint density at radius 2 is 2.00 bits per heavy atom. The molecule has 132 valence electrons. The fourth-order valence-corrected chi connectivity index (χ4v) is 2.27. The molecule has 2 aromatic rings. The van der Waals surface area contributed by atoms with Crippen LogP contribution >= 0.6 is 0 Å². The van der Waals surface area contributed by atoms with E-state index in [1.54, 1.807) is 19.1 Å². The number of amides is 1. The first-order chi connectivity index (χ1) is 12.0. The van der Waals surface area contributed by atoms with Crippen LogP contribution in [0.1, 0.15) is 42.9 Å². The van der Waals surface area contributed by atoms with Crippen LogP contribution in [0.3, 0.4) is 0 Å². The number of phenols is 1. The van der Waals surface area contributed by atoms with Gasteiger partial charge in [-0.15, -0.1) is 0 Å². The highest BCUT2D eigenvalue weighted by Crippen LogP contribution is 2.21. The number of carbonyl (C=O) groups is 1. The van der Waals surface area contributed by atoms with Crippen molar-refractivity contribution in [3.05, 3.63) is 59.2 Å². The van der Waals surface area contributed by atoms with Crippen molar-refractivity contribution >= 4 is 12.1 Å². The number of aromatic hydroxyl groups is 1. The molecule has 0 aliphatic carbocycles. The summed E-state index contributed by atoms with van der Waals surface area (Å²) in [4.78, 5) is 11.8. The number of nitrogens with one attached hydrogen (secondary N) is 1. The minimum atomic E-state index is -0.366. The lowest BCUT2D eigenvalue weighted by atomic mass is 9.99. The highest BCUT2D eigenvalue weighted by atomic mass is 16.5. The van der Waals surface area contributed by atoms with E-state index in [0.29, 0.717) is 17.2 Å². The molecule has 1 amide bonds. The Morgan fingerprint density at radius 1 is 1.28 bits per heavy atom. The molecule has 2 rings (SSSR count). The second-order valence-electron chi connectivity index (χ2n) is 5.97. The van der Waals surface area contributed by atoms with Crippen molar-refractivity contribution in [3.63, 3.8) is 0 Å². The van der Waals surface area contributed by atoms with Crippen molar-refractivity contribution in [2.45, 2.75) is 33.1 Å². The molecule has 0 saturated heterocycles. The quantitative estimate of drug-likeness (QED) is 0.596. The molecule has 0 aliphatic heterocycles. The Hall–Kier alpha value is -2.82. The Bertz CT molecular complexity index is 739. The van der Waals surface area contributed by atoms with Crippen LogP contribution in [0.5, 0.6) is 11.5 Å². The lowest BCUT2D eigenvalue weighted by Crippen LogP contribution is -2.24. The largest absolute Gasteiger partial charge is 0.507 e. The zero-order valence-electron chi connectivity index (χ0n) is 14.8. The van der Waals surface area contributed by atoms with Gasteiger partial charge in [-0.2, -0.15) is 5.10 Å². The van der Waals surface area contributed by atoms with Crippen LogP contribution in [-0.2, 0) is 4.79 Å². The maximum absolute atomic E-state index is 11.8. The minimum Gasteiger partial charge on any atom is -0.507 e. The molecule has 2 N–H and O–H groups in total. The molecular weight excluding hydrogens is 316 g/mol. The highest BCUT2D eigenvalue weighted by Gasteiger charge is 2.05. The number of phenolic OH excluding ortho intramolecular Hbond substituents is 1. The standard InChI is InChI=1S/C20H24N2O3/c1-4-14(2)16-8-10-18(11-9-16)25-13-19(23)22-21-12-17-7-5-6-15(3)20(17)24/h5-12,14,24H,4,13H2,1-3H3,(H,22,23)/b21-12+. The first kappa shape index (κ1) is 18.5. The number of aryl methyl sites for hydroxylation is 1. The Labute approximate surface area is 148 Å². The predicted octanol–water partition coefficient (Wildman–Crippen LogP) is 3.74. The number of hydrogen-bond donors (Lipinski definition) is 2. The number of hydrazone groups is 1. The molecule has 0 spiro atoms. The van der Waals surface area contributed by atoms with E-state index < -0.39 is 0 Å². The van der Waals surface area contributed by atoms with Gasteiger partial charge in [0.25, 0.3) is 5.91 Å². The monoisotopic (exact) mass is 340 g/mol. The Morgan fingerprint density at radius 3 is 2.68 bits per heavy atom. The zero-order valence-corrected chi connectivity index (χ0v) is 14.8. The summed E-state index contributed by atoms with van der Waals surface area (Å²) in [6.45, 7) is 6.00. The predicted molar refractivity (Wildman–Crippen MR) is 99.2 cm³/mol. The van der Waals surface area contributed by atoms with E-state index in [9.17, 15) is 9.90 Å². The lowest BCUT2D eigenvalue weighted by Gasteiger charge is -2.10. The van der Waals surface area contributed by atoms with Crippen molar-refractivity contribution in [1.82, 2.24) is 5.43 Å². The van der Waals surface area contributed by atoms with Gasteiger partial charge in [0.2, 0.25) is 0 Å². The number of para-hydroxylation sites is 1. The van der Waals surface area contributed by atoms with E-state index in [1.807, 2.05) is 30.3 Å². The number of nitrogens with zero attached hydrogens (tertiary/aromatic N) is 1. The molecule has 25 heavy (non-hydrogen) atoms. The van der Waals surface area contributed by atoms with E-state index in [0.717, 1.165) is 12.0 Å². The maximum atomic E-state index is 11.8. The van der Waals surface area contributed by atoms with Gasteiger partial charge in [-0.1, -0.05) is 38.1 Å². The third-order valence-electron chi connectivity index (χ3n) is 4.09. The second-order valence-corrected chi connectivity index (χ2v) is 5.97. The lowest BCUT2D eigenvalue weighted by molar-refractivity contribution is -0.123. The summed E-state index contributed by atoms with van der Waals surface area (Å²) in [5, 5.41) is 13.7. The number of hydrogen-bond acceptors (Lipinski definition) is 4. The average Bonchev–Trinajstić information content (AvgIpc) is 2.63. The molecule has 5 nitrogen and oxygen atoms in total. The van der Waals surface area contributed by atoms with Crippen LogP contribution in [0, 0.1) is 6.92 Å². The summed E-state index contributed by atoms with van der Waals surface area (Å²) in [5.74, 6) is 0.930. The minimum absolute atomic E-state index is 0.125. The first-order valence-electron chi connectivity index (χ1n) is 8.34. The van der Waals surface area contributed by atoms with E-state index in [-0.39, 0.29) is 18.3 Å². The zero-order chi connectivity index (χ0) is 18.2. The molecule has 0 bridgehead atoms. The Kier molecular flexibility index (Phi) is 6.57. The summed E-state index contributed by atoms with van der Waals surface area (Å²) in [5.41, 5.74) is 4.93. The second kappa shape index (κ2) is 8.87. The van der Waals surface area contributed by atoms with Crippen molar-refractivity contribution in [1.29, 1.82) is 0 Å². The summed E-state index contributed by atoms with van der Waals surface area (Å²) in [7, 11) is 0. The molecule has 0 fully saturated rings. The number of benzene rings is 2. The van der Waals surface area contributed by atoms with Crippen molar-refractivity contribution in [3.8, 4) is 11.5 Å². The summed E-state index contributed by atoms with van der Waals surface area (Å²) < 4.78 is 5.45. The van der Waals surface area contributed by atoms with Gasteiger partial charge in [-0.3, -0.25) is 4.79 Å². The summed E-state index contributed by atoms with van der Waals surface area (Å²) in [6.07, 6.45) is 2.48. The molecule has 0 radical (unpaired) electrons. The molecule has 0 saturated carbocycles. The van der Waals surface area contributed by atoms with Gasteiger partial charge in [0.15, 0.2) is 6.61 Å². The van der Waals surface area contributed by atoms with Crippen LogP contribution in [0.2, 0.25) is 0 Å². The third-order valence-corrected chi connectivity index (χ3v) is 4.09. The van der Waals surface area contributed by atoms with Gasteiger partial charge in [0.05, 0.1) is 6.21 Å². The summed E-state index contributed by atoms with van der Waals surface area (Å²) >= 11 is 0.